The average molecular weight is 1280 g/mol. The fourth-order valence-corrected chi connectivity index (χ4v) is 9.96. The number of hydrogen-bond acceptors (Lipinski definition) is 18. The highest BCUT2D eigenvalue weighted by Crippen LogP contribution is 2.29. The Kier molecular flexibility index (Phi) is 28.2. The van der Waals surface area contributed by atoms with Gasteiger partial charge in [0.05, 0.1) is 6.04 Å². The Bertz CT molecular complexity index is 2470. The van der Waals surface area contributed by atoms with E-state index in [2.05, 4.69) is 40.6 Å². The Balaban J connectivity index is 0.000000454. The second-order valence-electron chi connectivity index (χ2n) is 19.6. The number of pyridine rings is 2. The van der Waals surface area contributed by atoms with E-state index in [4.69, 9.17) is 89.5 Å². The summed E-state index contributed by atoms with van der Waals surface area (Å²) in [4.78, 5) is 95.9. The van der Waals surface area contributed by atoms with Crippen molar-refractivity contribution in [3.05, 3.63) is 60.2 Å². The van der Waals surface area contributed by atoms with Crippen LogP contribution in [0.5, 0.6) is 0 Å². The quantitative estimate of drug-likeness (QED) is 0.0400. The molecule has 446 valence electrons. The number of hydrogen-bond donors (Lipinski definition) is 6. The first-order chi connectivity index (χ1) is 36.2. The van der Waals surface area contributed by atoms with E-state index in [0.717, 1.165) is 5.56 Å². The van der Waals surface area contributed by atoms with Crippen LogP contribution in [0.1, 0.15) is 71.4 Å². The van der Waals surface area contributed by atoms with Crippen molar-refractivity contribution in [2.24, 2.45) is 5.73 Å². The number of alkyl halides is 9. The number of esters is 2. The van der Waals surface area contributed by atoms with Gasteiger partial charge in [-0.05, 0) is 110 Å². The standard InChI is InChI=1S/C23H32Cl3N5O6.C18H24Cl3N5O4.C4H9F3O3SSi/c1-14(19(33)31-10-6-8-16(30-31)20(34)36-13-23(24,25)26)28-18(32)17(11-15-7-5-9-27-12-15)29-21(35)37-22(2,3)4;1-11(24-15(27)13(22)8-12-4-2-6-23-9-12)16(28)26-7-3-5-14(25-26)17(29)30-10-18(19,20)21;1-12(2,3)10-11(8,9)4(5,6)7/h5,7,9,12,14,16-17,30H,6,8,10-11,13H2,1-4H3,(H,28,32)(H,29,35);2,4,6,9,11,13-14,25H,3,5,7-8,10,22H2,1H3,(H,24,27);1-3H3/t14-,16-,17-;11-,13-,14-;/m00./s1. The largest absolute Gasteiger partial charge is 0.522 e. The van der Waals surface area contributed by atoms with Crippen LogP contribution in [0.3, 0.4) is 0 Å². The van der Waals surface area contributed by atoms with E-state index in [1.165, 1.54) is 36.6 Å². The second-order valence-corrected chi connectivity index (χ2v) is 30.9. The molecule has 0 aromatic carbocycles. The average Bonchev–Trinajstić information content (AvgIpc) is 3.33. The molecule has 5 amide bonds. The number of carbonyl (C=O) groups excluding carboxylic acids is 7. The Morgan fingerprint density at radius 2 is 1.15 bits per heavy atom. The van der Waals surface area contributed by atoms with Gasteiger partial charge in [-0.15, -0.1) is 0 Å². The van der Waals surface area contributed by atoms with Gasteiger partial charge in [0, 0.05) is 44.3 Å². The molecule has 2 aromatic rings. The lowest BCUT2D eigenvalue weighted by molar-refractivity contribution is -0.154. The summed E-state index contributed by atoms with van der Waals surface area (Å²) in [5, 5.41) is 10.3. The van der Waals surface area contributed by atoms with E-state index in [0.29, 0.717) is 50.8 Å². The van der Waals surface area contributed by atoms with Crippen molar-refractivity contribution in [2.75, 3.05) is 26.3 Å². The normalized spacial score (nSPS) is 17.8. The third-order valence-corrected chi connectivity index (χ3v) is 14.1. The summed E-state index contributed by atoms with van der Waals surface area (Å²) >= 11 is 33.6. The zero-order valence-electron chi connectivity index (χ0n) is 44.1. The lowest BCUT2D eigenvalue weighted by atomic mass is 10.1. The van der Waals surface area contributed by atoms with E-state index in [1.54, 1.807) is 70.7 Å². The molecule has 2 aromatic heterocycles. The van der Waals surface area contributed by atoms with Crippen molar-refractivity contribution in [1.82, 2.24) is 46.8 Å². The number of nitrogens with one attached hydrogen (secondary N) is 5. The molecule has 2 aliphatic heterocycles. The van der Waals surface area contributed by atoms with Crippen molar-refractivity contribution < 1.29 is 73.2 Å². The van der Waals surface area contributed by atoms with Crippen molar-refractivity contribution in [3.63, 3.8) is 0 Å². The lowest BCUT2D eigenvalue weighted by Crippen LogP contribution is -2.60. The highest BCUT2D eigenvalue weighted by Gasteiger charge is 2.49. The zero-order chi connectivity index (χ0) is 60.3. The maximum Gasteiger partial charge on any atom is 0.522 e. The molecule has 0 bridgehead atoms. The number of nitrogens with two attached hydrogens (primary N) is 1. The molecule has 0 unspecified atom stereocenters. The summed E-state index contributed by atoms with van der Waals surface area (Å²) in [7, 11) is -8.10. The second kappa shape index (κ2) is 31.4. The highest BCUT2D eigenvalue weighted by atomic mass is 35.6. The van der Waals surface area contributed by atoms with E-state index in [9.17, 15) is 55.2 Å². The Labute approximate surface area is 486 Å². The first-order valence-corrected chi connectivity index (χ1v) is 31.0. The van der Waals surface area contributed by atoms with Crippen LogP contribution in [0.2, 0.25) is 19.6 Å². The minimum absolute atomic E-state index is 0.124. The zero-order valence-corrected chi connectivity index (χ0v) is 50.5. The molecule has 0 aliphatic carbocycles. The monoisotopic (exact) mass is 1280 g/mol. The van der Waals surface area contributed by atoms with Crippen molar-refractivity contribution >= 4 is 130 Å². The number of hydrazine groups is 2. The van der Waals surface area contributed by atoms with Crippen LogP contribution in [0.25, 0.3) is 0 Å². The first kappa shape index (κ1) is 71.0. The van der Waals surface area contributed by atoms with E-state index < -0.39 is 128 Å². The molecule has 23 nitrogen and oxygen atoms in total. The number of ether oxygens (including phenoxy) is 3. The molecule has 0 spiro atoms. The van der Waals surface area contributed by atoms with Gasteiger partial charge in [0.2, 0.25) is 27.7 Å². The predicted octanol–water partition coefficient (Wildman–Crippen LogP) is 4.98. The van der Waals surface area contributed by atoms with Crippen LogP contribution >= 0.6 is 69.6 Å². The number of halogens is 9. The lowest BCUT2D eigenvalue weighted by Gasteiger charge is -2.34. The van der Waals surface area contributed by atoms with E-state index in [-0.39, 0.29) is 6.42 Å². The van der Waals surface area contributed by atoms with Gasteiger partial charge in [-0.3, -0.25) is 48.8 Å². The Morgan fingerprint density at radius 1 is 0.734 bits per heavy atom. The smallest absolute Gasteiger partial charge is 0.460 e. The Hall–Kier alpha value is -4.07. The van der Waals surface area contributed by atoms with E-state index >= 15 is 0 Å². The van der Waals surface area contributed by atoms with Crippen LogP contribution in [-0.4, -0.2) is 160 Å². The summed E-state index contributed by atoms with van der Waals surface area (Å²) in [6, 6.07) is 1.77. The molecular formula is C45H65Cl6F3N10O13SSi. The SMILES string of the molecule is C[C@H](NC(=O)[C@@H](N)Cc1cccnc1)C(=O)N1CCC[C@@H](C(=O)OCC(Cl)(Cl)Cl)N1.C[C@H](NC(=O)[C@H](Cc1cccnc1)NC(=O)OC(C)(C)C)C(=O)N1CCC[C@@H](C(=O)OCC(Cl)(Cl)Cl)N1.C[Si](C)(C)OS(=O)(=O)C(F)(F)F. The fourth-order valence-electron chi connectivity index (χ4n) is 6.62. The van der Waals surface area contributed by atoms with Gasteiger partial charge in [0.1, 0.15) is 49.0 Å². The molecule has 6 atom stereocenters. The number of alkyl carbamates (subject to hydrolysis) is 1. The third-order valence-electron chi connectivity index (χ3n) is 10.0. The van der Waals surface area contributed by atoms with Crippen LogP contribution in [0, 0.1) is 0 Å². The van der Waals surface area contributed by atoms with Gasteiger partial charge in [0.25, 0.3) is 11.8 Å². The minimum atomic E-state index is -5.39. The molecule has 79 heavy (non-hydrogen) atoms. The molecule has 4 rings (SSSR count). The first-order valence-electron chi connectivity index (χ1n) is 23.9. The summed E-state index contributed by atoms with van der Waals surface area (Å²) in [5.74, 6) is -3.24. The number of amides is 5. The van der Waals surface area contributed by atoms with Crippen LogP contribution in [0.4, 0.5) is 18.0 Å². The highest BCUT2D eigenvalue weighted by molar-refractivity contribution is 7.88. The van der Waals surface area contributed by atoms with Crippen LogP contribution < -0.4 is 32.5 Å². The summed E-state index contributed by atoms with van der Waals surface area (Å²) < 4.78 is 71.5. The van der Waals surface area contributed by atoms with Gasteiger partial charge in [0.15, 0.2) is 0 Å². The van der Waals surface area contributed by atoms with Crippen LogP contribution in [-0.2, 0) is 69.8 Å². The molecular weight excluding hydrogens is 1220 g/mol. The van der Waals surface area contributed by atoms with Crippen molar-refractivity contribution in [1.29, 1.82) is 0 Å². The maximum atomic E-state index is 13.1. The van der Waals surface area contributed by atoms with Gasteiger partial charge in [-0.25, -0.2) is 15.6 Å². The van der Waals surface area contributed by atoms with E-state index in [1.807, 2.05) is 6.07 Å². The summed E-state index contributed by atoms with van der Waals surface area (Å²) in [6.45, 7) is 12.1. The molecule has 0 saturated carbocycles. The summed E-state index contributed by atoms with van der Waals surface area (Å²) in [5.41, 5.74) is 6.97. The predicted molar refractivity (Wildman–Crippen MR) is 290 cm³/mol. The van der Waals surface area contributed by atoms with Gasteiger partial charge in [-0.1, -0.05) is 81.7 Å². The fraction of sp³-hybridized carbons (Fsp3) is 0.622. The molecule has 2 fully saturated rings. The molecule has 4 heterocycles. The molecule has 2 aliphatic rings. The topological polar surface area (TPSA) is 309 Å². The van der Waals surface area contributed by atoms with Crippen molar-refractivity contribution in [3.8, 4) is 0 Å². The number of carbonyl (C=O) groups is 7. The van der Waals surface area contributed by atoms with Crippen molar-refractivity contribution in [2.45, 2.75) is 148 Å². The summed E-state index contributed by atoms with van der Waals surface area (Å²) in [6.07, 6.45) is 8.00. The maximum absolute atomic E-state index is 13.1. The minimum Gasteiger partial charge on any atom is -0.460 e. The molecule has 7 N–H and O–H groups in total. The van der Waals surface area contributed by atoms with Gasteiger partial charge >= 0.3 is 33.7 Å². The Morgan fingerprint density at radius 3 is 1.51 bits per heavy atom. The number of nitrogens with zero attached hydrogens (tertiary/aromatic N) is 4. The van der Waals surface area contributed by atoms with Gasteiger partial charge < -0.3 is 39.8 Å². The third kappa shape index (κ3) is 28.5. The number of rotatable bonds is 17. The van der Waals surface area contributed by atoms with Gasteiger partial charge in [-0.2, -0.15) is 21.6 Å². The molecule has 2 saturated heterocycles. The molecule has 0 radical (unpaired) electrons. The van der Waals surface area contributed by atoms with Crippen LogP contribution in [0.15, 0.2) is 49.1 Å². The molecule has 34 heteroatoms. The number of aromatic nitrogens is 2.